The third kappa shape index (κ3) is 4.70. The number of nitriles is 1. The van der Waals surface area contributed by atoms with Gasteiger partial charge in [0.2, 0.25) is 0 Å². The summed E-state index contributed by atoms with van der Waals surface area (Å²) in [5.41, 5.74) is 2.57. The third-order valence-electron chi connectivity index (χ3n) is 7.98. The molecule has 0 aliphatic carbocycles. The first-order chi connectivity index (χ1) is 19.7. The number of aromatic amines is 1. The van der Waals surface area contributed by atoms with Gasteiger partial charge >= 0.3 is 0 Å². The molecule has 1 saturated heterocycles. The number of allylic oxidation sites excluding steroid dienone is 1. The van der Waals surface area contributed by atoms with Crippen LogP contribution in [0.2, 0.25) is 10.0 Å². The van der Waals surface area contributed by atoms with Crippen LogP contribution in [0.5, 0.6) is 11.5 Å². The topological polar surface area (TPSA) is 104 Å². The van der Waals surface area contributed by atoms with Crippen molar-refractivity contribution in [2.45, 2.75) is 37.8 Å². The molecule has 1 unspecified atom stereocenters. The van der Waals surface area contributed by atoms with E-state index >= 15 is 0 Å². The summed E-state index contributed by atoms with van der Waals surface area (Å²) >= 11 is 12.6. The fraction of sp³-hybridized carbons (Fsp3) is 0.367. The SMILES string of the molecule is COc1cc2c(cc1C1(C#N)CC=CN(c3cc(Cl)cc(Cl)c3)C1)-c1n[nH]c(C(=O)N3CCOCC3(C)C)c1OC2. The van der Waals surface area contributed by atoms with Gasteiger partial charge < -0.3 is 24.0 Å². The number of benzene rings is 2. The summed E-state index contributed by atoms with van der Waals surface area (Å²) in [5, 5.41) is 19.1. The Morgan fingerprint density at radius 3 is 2.68 bits per heavy atom. The maximum Gasteiger partial charge on any atom is 0.276 e. The molecular formula is C30H29Cl2N5O4. The van der Waals surface area contributed by atoms with E-state index in [4.69, 9.17) is 37.4 Å². The first-order valence-electron chi connectivity index (χ1n) is 13.3. The number of ether oxygens (including phenoxy) is 3. The number of nitrogens with zero attached hydrogens (tertiary/aromatic N) is 4. The van der Waals surface area contributed by atoms with Gasteiger partial charge in [-0.05, 0) is 50.6 Å². The minimum Gasteiger partial charge on any atom is -0.496 e. The zero-order valence-electron chi connectivity index (χ0n) is 23.0. The van der Waals surface area contributed by atoms with Crippen molar-refractivity contribution in [3.8, 4) is 28.8 Å². The molecule has 1 fully saturated rings. The summed E-state index contributed by atoms with van der Waals surface area (Å²) in [6, 6.07) is 11.7. The second-order valence-corrected chi connectivity index (χ2v) is 12.0. The highest BCUT2D eigenvalue weighted by molar-refractivity contribution is 6.35. The third-order valence-corrected chi connectivity index (χ3v) is 8.42. The van der Waals surface area contributed by atoms with Gasteiger partial charge in [0.15, 0.2) is 11.4 Å². The molecule has 0 radical (unpaired) electrons. The van der Waals surface area contributed by atoms with E-state index in [1.807, 2.05) is 55.3 Å². The predicted molar refractivity (Wildman–Crippen MR) is 156 cm³/mol. The number of nitrogens with one attached hydrogen (secondary N) is 1. The summed E-state index contributed by atoms with van der Waals surface area (Å²) in [4.78, 5) is 17.4. The number of anilines is 1. The Balaban J connectivity index is 1.40. The van der Waals surface area contributed by atoms with Gasteiger partial charge in [0.1, 0.15) is 23.5 Å². The molecule has 6 rings (SSSR count). The van der Waals surface area contributed by atoms with Gasteiger partial charge in [-0.1, -0.05) is 29.3 Å². The molecule has 0 spiro atoms. The van der Waals surface area contributed by atoms with Crippen LogP contribution >= 0.6 is 23.2 Å². The van der Waals surface area contributed by atoms with E-state index < -0.39 is 11.0 Å². The number of halogens is 2. The van der Waals surface area contributed by atoms with E-state index in [0.717, 1.165) is 22.4 Å². The monoisotopic (exact) mass is 593 g/mol. The van der Waals surface area contributed by atoms with Crippen LogP contribution in [0.4, 0.5) is 5.69 Å². The Morgan fingerprint density at radius 2 is 1.98 bits per heavy atom. The number of aromatic nitrogens is 2. The fourth-order valence-electron chi connectivity index (χ4n) is 5.83. The lowest BCUT2D eigenvalue weighted by Crippen LogP contribution is -2.55. The lowest BCUT2D eigenvalue weighted by Gasteiger charge is -2.41. The van der Waals surface area contributed by atoms with E-state index in [1.165, 1.54) is 0 Å². The molecule has 3 aliphatic rings. The molecule has 1 atom stereocenters. The lowest BCUT2D eigenvalue weighted by atomic mass is 9.75. The summed E-state index contributed by atoms with van der Waals surface area (Å²) in [5.74, 6) is 0.801. The van der Waals surface area contributed by atoms with Gasteiger partial charge in [-0.25, -0.2) is 0 Å². The average molecular weight is 594 g/mol. The summed E-state index contributed by atoms with van der Waals surface area (Å²) in [6.45, 7) is 5.93. The van der Waals surface area contributed by atoms with Crippen molar-refractivity contribution in [3.63, 3.8) is 0 Å². The van der Waals surface area contributed by atoms with Gasteiger partial charge in [0.05, 0.1) is 31.9 Å². The fourth-order valence-corrected chi connectivity index (χ4v) is 6.35. The maximum atomic E-state index is 13.6. The molecule has 4 heterocycles. The van der Waals surface area contributed by atoms with Crippen molar-refractivity contribution >= 4 is 34.8 Å². The number of rotatable bonds is 4. The smallest absolute Gasteiger partial charge is 0.276 e. The Labute approximate surface area is 248 Å². The quantitative estimate of drug-likeness (QED) is 0.412. The van der Waals surface area contributed by atoms with E-state index in [2.05, 4.69) is 16.3 Å². The largest absolute Gasteiger partial charge is 0.496 e. The van der Waals surface area contributed by atoms with Crippen molar-refractivity contribution in [2.75, 3.05) is 38.3 Å². The molecule has 9 nitrogen and oxygen atoms in total. The minimum atomic E-state index is -0.949. The van der Waals surface area contributed by atoms with E-state index in [0.29, 0.717) is 65.7 Å². The zero-order valence-corrected chi connectivity index (χ0v) is 24.5. The molecule has 1 aromatic heterocycles. The number of carbonyl (C=O) groups excluding carboxylic acids is 1. The molecule has 212 valence electrons. The Hall–Kier alpha value is -3.71. The van der Waals surface area contributed by atoms with Gasteiger partial charge in [0.25, 0.3) is 5.91 Å². The molecule has 1 amide bonds. The first-order valence-corrected chi connectivity index (χ1v) is 14.0. The standard InChI is InChI=1S/C30H29Cl2N5O4/c1-29(2)17-40-8-7-37(29)28(38)26-27-25(34-35-26)22-13-23(24(39-3)9-18(22)14-41-27)30(15-33)5-4-6-36(16-30)21-11-19(31)10-20(32)12-21/h4,6,9-13H,5,7-8,14,16-17H2,1-3H3,(H,34,35). The number of H-pyrrole nitrogens is 1. The molecule has 3 aromatic rings. The van der Waals surface area contributed by atoms with Crippen LogP contribution in [0.15, 0.2) is 42.6 Å². The normalized spacial score (nSPS) is 21.0. The van der Waals surface area contributed by atoms with Gasteiger partial charge in [-0.3, -0.25) is 9.89 Å². The summed E-state index contributed by atoms with van der Waals surface area (Å²) in [7, 11) is 1.59. The van der Waals surface area contributed by atoms with Crippen molar-refractivity contribution in [1.82, 2.24) is 15.1 Å². The number of hydrogen-bond donors (Lipinski definition) is 1. The molecule has 1 N–H and O–H groups in total. The summed E-state index contributed by atoms with van der Waals surface area (Å²) in [6.07, 6.45) is 4.38. The van der Waals surface area contributed by atoms with Crippen LogP contribution in [0.3, 0.4) is 0 Å². The molecular weight excluding hydrogens is 565 g/mol. The predicted octanol–water partition coefficient (Wildman–Crippen LogP) is 5.72. The van der Waals surface area contributed by atoms with Gasteiger partial charge in [0, 0.05) is 51.7 Å². The summed E-state index contributed by atoms with van der Waals surface area (Å²) < 4.78 is 17.5. The van der Waals surface area contributed by atoms with Gasteiger partial charge in [-0.2, -0.15) is 10.4 Å². The van der Waals surface area contributed by atoms with Crippen LogP contribution < -0.4 is 14.4 Å². The van der Waals surface area contributed by atoms with Crippen molar-refractivity contribution < 1.29 is 19.0 Å². The van der Waals surface area contributed by atoms with Crippen LogP contribution in [-0.4, -0.2) is 60.0 Å². The van der Waals surface area contributed by atoms with E-state index in [1.54, 1.807) is 18.1 Å². The van der Waals surface area contributed by atoms with Crippen LogP contribution in [0.1, 0.15) is 41.9 Å². The highest BCUT2D eigenvalue weighted by atomic mass is 35.5. The number of carbonyl (C=O) groups is 1. The zero-order chi connectivity index (χ0) is 28.9. The lowest BCUT2D eigenvalue weighted by molar-refractivity contribution is -0.0374. The van der Waals surface area contributed by atoms with Crippen LogP contribution in [-0.2, 0) is 16.8 Å². The Morgan fingerprint density at radius 1 is 1.20 bits per heavy atom. The van der Waals surface area contributed by atoms with Crippen molar-refractivity contribution in [1.29, 1.82) is 5.26 Å². The number of morpholine rings is 1. The van der Waals surface area contributed by atoms with Crippen molar-refractivity contribution in [3.05, 3.63) is 69.5 Å². The molecule has 2 aromatic carbocycles. The van der Waals surface area contributed by atoms with Crippen molar-refractivity contribution in [2.24, 2.45) is 0 Å². The molecule has 0 saturated carbocycles. The second-order valence-electron chi connectivity index (χ2n) is 11.1. The maximum absolute atomic E-state index is 13.6. The molecule has 0 bridgehead atoms. The molecule has 41 heavy (non-hydrogen) atoms. The molecule has 3 aliphatic heterocycles. The Kier molecular flexibility index (Phi) is 6.89. The number of fused-ring (bicyclic) bond motifs is 3. The van der Waals surface area contributed by atoms with E-state index in [-0.39, 0.29) is 12.5 Å². The van der Waals surface area contributed by atoms with Gasteiger partial charge in [-0.15, -0.1) is 0 Å². The average Bonchev–Trinajstić information content (AvgIpc) is 3.40. The van der Waals surface area contributed by atoms with Crippen LogP contribution in [0.25, 0.3) is 11.3 Å². The second kappa shape index (κ2) is 10.3. The Bertz CT molecular complexity index is 1590. The number of methoxy groups -OCH3 is 1. The first kappa shape index (κ1) is 27.5. The highest BCUT2D eigenvalue weighted by Crippen LogP contribution is 2.46. The minimum absolute atomic E-state index is 0.189. The number of amides is 1. The van der Waals surface area contributed by atoms with E-state index in [9.17, 15) is 10.1 Å². The number of hydrogen-bond acceptors (Lipinski definition) is 7. The van der Waals surface area contributed by atoms with Crippen LogP contribution in [0, 0.1) is 11.3 Å². The highest BCUT2D eigenvalue weighted by Gasteiger charge is 2.41. The molecule has 11 heteroatoms.